The lowest BCUT2D eigenvalue weighted by Gasteiger charge is -2.17. The Hall–Kier alpha value is -0.990. The minimum absolute atomic E-state index is 0.391. The highest BCUT2D eigenvalue weighted by molar-refractivity contribution is 5.82. The maximum atomic E-state index is 10.9. The van der Waals surface area contributed by atoms with Crippen LogP contribution in [0.25, 0.3) is 0 Å². The summed E-state index contributed by atoms with van der Waals surface area (Å²) >= 11 is 0. The number of nitrogens with two attached hydrogens (primary N) is 1. The van der Waals surface area contributed by atoms with Crippen molar-refractivity contribution in [2.24, 2.45) is 5.73 Å². The molecule has 0 fully saturated rings. The molecule has 0 unspecified atom stereocenters. The van der Waals surface area contributed by atoms with E-state index in [2.05, 4.69) is 0 Å². The Morgan fingerprint density at radius 3 is 2.18 bits per heavy atom. The van der Waals surface area contributed by atoms with Crippen LogP contribution in [0.5, 0.6) is 0 Å². The Morgan fingerprint density at radius 2 is 1.91 bits per heavy atom. The molecule has 11 heavy (non-hydrogen) atoms. The van der Waals surface area contributed by atoms with Gasteiger partial charge >= 0.3 is 5.97 Å². The average Bonchev–Trinajstić information content (AvgIpc) is 1.53. The molecule has 3 heteroatoms. The molecule has 0 aliphatic rings. The second kappa shape index (κ2) is 3.42. The van der Waals surface area contributed by atoms with Gasteiger partial charge in [0.25, 0.3) is 0 Å². The molecule has 0 aromatic heterocycles. The Morgan fingerprint density at radius 1 is 1.45 bits per heavy atom. The molecule has 0 rings (SSSR count). The quantitative estimate of drug-likeness (QED) is 0.459. The fourth-order valence-electron chi connectivity index (χ4n) is 0.517. The zero-order valence-electron chi connectivity index (χ0n) is 7.47. The molecule has 0 amide bonds. The van der Waals surface area contributed by atoms with E-state index >= 15 is 0 Å². The van der Waals surface area contributed by atoms with Gasteiger partial charge in [0, 0.05) is 11.8 Å². The van der Waals surface area contributed by atoms with Crippen molar-refractivity contribution in [3.63, 3.8) is 0 Å². The first-order valence-corrected chi connectivity index (χ1v) is 3.48. The molecule has 2 N–H and O–H groups in total. The van der Waals surface area contributed by atoms with Crippen molar-refractivity contribution < 1.29 is 9.53 Å². The highest BCUT2D eigenvalue weighted by Crippen LogP contribution is 2.07. The van der Waals surface area contributed by atoms with E-state index in [0.29, 0.717) is 5.70 Å². The van der Waals surface area contributed by atoms with Crippen LogP contribution in [0.2, 0.25) is 0 Å². The number of esters is 1. The van der Waals surface area contributed by atoms with Crippen molar-refractivity contribution in [3.05, 3.63) is 11.8 Å². The van der Waals surface area contributed by atoms with Gasteiger partial charge in [0.05, 0.1) is 0 Å². The van der Waals surface area contributed by atoms with Gasteiger partial charge in [0.15, 0.2) is 0 Å². The van der Waals surface area contributed by atoms with Gasteiger partial charge in [-0.1, -0.05) is 0 Å². The Bertz CT molecular complexity index is 173. The van der Waals surface area contributed by atoms with Crippen molar-refractivity contribution >= 4 is 5.97 Å². The summed E-state index contributed by atoms with van der Waals surface area (Å²) in [5, 5.41) is 0. The first-order chi connectivity index (χ1) is 4.81. The first kappa shape index (κ1) is 10.0. The van der Waals surface area contributed by atoms with Gasteiger partial charge < -0.3 is 10.5 Å². The molecular formula is C8H15NO2. The molecule has 0 saturated carbocycles. The summed E-state index contributed by atoms with van der Waals surface area (Å²) in [6.45, 7) is 7.07. The van der Waals surface area contributed by atoms with E-state index < -0.39 is 11.6 Å². The van der Waals surface area contributed by atoms with Gasteiger partial charge in [0.1, 0.15) is 5.60 Å². The highest BCUT2D eigenvalue weighted by Gasteiger charge is 2.13. The van der Waals surface area contributed by atoms with Gasteiger partial charge in [0.2, 0.25) is 0 Å². The van der Waals surface area contributed by atoms with E-state index in [1.807, 2.05) is 20.8 Å². The number of rotatable bonds is 1. The van der Waals surface area contributed by atoms with Crippen LogP contribution in [-0.4, -0.2) is 11.6 Å². The van der Waals surface area contributed by atoms with E-state index in [-0.39, 0.29) is 0 Å². The monoisotopic (exact) mass is 157 g/mol. The lowest BCUT2D eigenvalue weighted by atomic mass is 10.2. The fraction of sp³-hybridized carbons (Fsp3) is 0.625. The summed E-state index contributed by atoms with van der Waals surface area (Å²) in [5.74, 6) is -0.391. The summed E-state index contributed by atoms with van der Waals surface area (Å²) in [6, 6.07) is 0. The molecule has 0 radical (unpaired) electrons. The van der Waals surface area contributed by atoms with E-state index in [9.17, 15) is 4.79 Å². The van der Waals surface area contributed by atoms with E-state index in [1.165, 1.54) is 6.08 Å². The zero-order valence-corrected chi connectivity index (χ0v) is 7.47. The normalized spacial score (nSPS) is 12.9. The Kier molecular flexibility index (Phi) is 3.11. The van der Waals surface area contributed by atoms with Crippen LogP contribution in [0, 0.1) is 0 Å². The molecule has 0 aromatic rings. The number of ether oxygens (including phenoxy) is 1. The van der Waals surface area contributed by atoms with Crippen LogP contribution >= 0.6 is 0 Å². The molecule has 3 nitrogen and oxygen atoms in total. The molecule has 0 aliphatic carbocycles. The fourth-order valence-corrected chi connectivity index (χ4v) is 0.517. The molecule has 0 aromatic carbocycles. The third-order valence-corrected chi connectivity index (χ3v) is 0.752. The first-order valence-electron chi connectivity index (χ1n) is 3.48. The van der Waals surface area contributed by atoms with Gasteiger partial charge in [-0.3, -0.25) is 0 Å². The van der Waals surface area contributed by atoms with Crippen LogP contribution in [0.3, 0.4) is 0 Å². The van der Waals surface area contributed by atoms with Crippen LogP contribution in [-0.2, 0) is 9.53 Å². The van der Waals surface area contributed by atoms with Gasteiger partial charge in [-0.25, -0.2) is 4.79 Å². The van der Waals surface area contributed by atoms with Crippen LogP contribution in [0.1, 0.15) is 27.7 Å². The second-order valence-electron chi connectivity index (χ2n) is 3.42. The lowest BCUT2D eigenvalue weighted by molar-refractivity contribution is -0.148. The van der Waals surface area contributed by atoms with Crippen molar-refractivity contribution in [2.75, 3.05) is 0 Å². The van der Waals surface area contributed by atoms with E-state index in [4.69, 9.17) is 10.5 Å². The SMILES string of the molecule is C/C(N)=C\C(=O)OC(C)(C)C. The summed E-state index contributed by atoms with van der Waals surface area (Å²) in [6.07, 6.45) is 1.27. The zero-order chi connectivity index (χ0) is 9.07. The molecule has 0 aliphatic heterocycles. The number of carbonyl (C=O) groups excluding carboxylic acids is 1. The molecule has 0 saturated heterocycles. The van der Waals surface area contributed by atoms with Crippen LogP contribution in [0.15, 0.2) is 11.8 Å². The molecule has 64 valence electrons. The van der Waals surface area contributed by atoms with Crippen LogP contribution in [0.4, 0.5) is 0 Å². The number of hydrogen-bond donors (Lipinski definition) is 1. The van der Waals surface area contributed by atoms with Crippen LogP contribution < -0.4 is 5.73 Å². The van der Waals surface area contributed by atoms with E-state index in [1.54, 1.807) is 6.92 Å². The summed E-state index contributed by atoms with van der Waals surface area (Å²) in [7, 11) is 0. The molecule has 0 spiro atoms. The average molecular weight is 157 g/mol. The maximum absolute atomic E-state index is 10.9. The van der Waals surface area contributed by atoms with Gasteiger partial charge in [-0.2, -0.15) is 0 Å². The summed E-state index contributed by atoms with van der Waals surface area (Å²) in [4.78, 5) is 10.9. The van der Waals surface area contributed by atoms with Crippen molar-refractivity contribution in [1.29, 1.82) is 0 Å². The molecule has 0 bridgehead atoms. The van der Waals surface area contributed by atoms with Crippen molar-refractivity contribution in [3.8, 4) is 0 Å². The maximum Gasteiger partial charge on any atom is 0.332 e. The van der Waals surface area contributed by atoms with E-state index in [0.717, 1.165) is 0 Å². The topological polar surface area (TPSA) is 52.3 Å². The number of allylic oxidation sites excluding steroid dienone is 1. The van der Waals surface area contributed by atoms with Crippen molar-refractivity contribution in [2.45, 2.75) is 33.3 Å². The smallest absolute Gasteiger partial charge is 0.332 e. The third-order valence-electron chi connectivity index (χ3n) is 0.752. The summed E-state index contributed by atoms with van der Waals surface area (Å²) in [5.41, 5.74) is 5.29. The minimum Gasteiger partial charge on any atom is -0.457 e. The Balaban J connectivity index is 4.00. The molecule has 0 heterocycles. The molecule has 0 atom stereocenters. The largest absolute Gasteiger partial charge is 0.457 e. The van der Waals surface area contributed by atoms with Crippen molar-refractivity contribution in [1.82, 2.24) is 0 Å². The Labute approximate surface area is 67.2 Å². The predicted octanol–water partition coefficient (Wildman–Crippen LogP) is 1.19. The third kappa shape index (κ3) is 6.90. The number of carbonyl (C=O) groups is 1. The highest BCUT2D eigenvalue weighted by atomic mass is 16.6. The number of hydrogen-bond acceptors (Lipinski definition) is 3. The predicted molar refractivity (Wildman–Crippen MR) is 43.8 cm³/mol. The lowest BCUT2D eigenvalue weighted by Crippen LogP contribution is -2.23. The van der Waals surface area contributed by atoms with Gasteiger partial charge in [-0.15, -0.1) is 0 Å². The standard InChI is InChI=1S/C8H15NO2/c1-6(9)5-7(10)11-8(2,3)4/h5H,9H2,1-4H3/b6-5+. The minimum atomic E-state index is -0.441. The van der Waals surface area contributed by atoms with Gasteiger partial charge in [-0.05, 0) is 27.7 Å². The second-order valence-corrected chi connectivity index (χ2v) is 3.42. The molecular weight excluding hydrogens is 142 g/mol. The summed E-state index contributed by atoms with van der Waals surface area (Å²) < 4.78 is 4.95.